The van der Waals surface area contributed by atoms with Crippen molar-refractivity contribution in [1.82, 2.24) is 5.32 Å². The molecule has 1 aliphatic rings. The molecular weight excluding hydrogens is 450 g/mol. The second kappa shape index (κ2) is 17.5. The van der Waals surface area contributed by atoms with Gasteiger partial charge in [-0.3, -0.25) is 4.79 Å². The standard InChI is InChI=1S/C23H45NO10/c1-2-3-4-5-6-7-8-9-10-11-12-24-22(32)20(30)17(27)15(26)14-33-23-21(31)19(29)18(28)16(13-25)34-23/h15-21,23,25-31H,2-14H2,1H3,(H,24,32)/t15-,16+,17+,18+,19-,20-,21+,23-/m0/s1. The number of hydrogen-bond acceptors (Lipinski definition) is 10. The maximum Gasteiger partial charge on any atom is 0.251 e. The van der Waals surface area contributed by atoms with Crippen molar-refractivity contribution < 1.29 is 50.0 Å². The molecule has 8 N–H and O–H groups in total. The fourth-order valence-corrected chi connectivity index (χ4v) is 3.79. The Labute approximate surface area is 201 Å². The van der Waals surface area contributed by atoms with Gasteiger partial charge in [0.15, 0.2) is 12.4 Å². The number of rotatable bonds is 18. The van der Waals surface area contributed by atoms with E-state index in [2.05, 4.69) is 12.2 Å². The molecule has 0 aliphatic carbocycles. The summed E-state index contributed by atoms with van der Waals surface area (Å²) >= 11 is 0. The topological polar surface area (TPSA) is 189 Å². The first kappa shape index (κ1) is 31.1. The molecule has 0 aromatic heterocycles. The normalized spacial score (nSPS) is 27.8. The molecule has 0 radical (unpaired) electrons. The van der Waals surface area contributed by atoms with E-state index in [0.717, 1.165) is 25.7 Å². The van der Waals surface area contributed by atoms with Crippen molar-refractivity contribution in [3.8, 4) is 0 Å². The van der Waals surface area contributed by atoms with E-state index < -0.39 is 68.1 Å². The Morgan fingerprint density at radius 2 is 1.44 bits per heavy atom. The lowest BCUT2D eigenvalue weighted by molar-refractivity contribution is -0.306. The summed E-state index contributed by atoms with van der Waals surface area (Å²) in [6.07, 6.45) is -1.53. The number of carbonyl (C=O) groups excluding carboxylic acids is 1. The molecule has 202 valence electrons. The van der Waals surface area contributed by atoms with E-state index in [0.29, 0.717) is 6.54 Å². The van der Waals surface area contributed by atoms with Crippen LogP contribution in [0.15, 0.2) is 0 Å². The Morgan fingerprint density at radius 3 is 2.00 bits per heavy atom. The number of unbranched alkanes of at least 4 members (excludes halogenated alkanes) is 9. The molecule has 0 unspecified atom stereocenters. The fraction of sp³-hybridized carbons (Fsp3) is 0.957. The van der Waals surface area contributed by atoms with Crippen LogP contribution in [0, 0.1) is 0 Å². The molecule has 1 fully saturated rings. The molecule has 34 heavy (non-hydrogen) atoms. The van der Waals surface area contributed by atoms with E-state index in [9.17, 15) is 35.4 Å². The predicted octanol–water partition coefficient (Wildman–Crippen LogP) is -1.08. The summed E-state index contributed by atoms with van der Waals surface area (Å²) in [6, 6.07) is 0. The van der Waals surface area contributed by atoms with Gasteiger partial charge in [0.1, 0.15) is 36.6 Å². The largest absolute Gasteiger partial charge is 0.394 e. The summed E-state index contributed by atoms with van der Waals surface area (Å²) in [5.74, 6) is -0.824. The van der Waals surface area contributed by atoms with Crippen LogP contribution in [-0.4, -0.2) is 110 Å². The average Bonchev–Trinajstić information content (AvgIpc) is 2.84. The Kier molecular flexibility index (Phi) is 16.1. The lowest BCUT2D eigenvalue weighted by Gasteiger charge is -2.40. The minimum absolute atomic E-state index is 0.344. The van der Waals surface area contributed by atoms with Crippen LogP contribution >= 0.6 is 0 Å². The highest BCUT2D eigenvalue weighted by Gasteiger charge is 2.44. The van der Waals surface area contributed by atoms with Crippen LogP contribution < -0.4 is 5.32 Å². The predicted molar refractivity (Wildman–Crippen MR) is 123 cm³/mol. The first-order valence-corrected chi connectivity index (χ1v) is 12.5. The highest BCUT2D eigenvalue weighted by Crippen LogP contribution is 2.22. The summed E-state index contributed by atoms with van der Waals surface area (Å²) in [5, 5.41) is 71.1. The van der Waals surface area contributed by atoms with Crippen LogP contribution in [0.2, 0.25) is 0 Å². The third-order valence-corrected chi connectivity index (χ3v) is 6.10. The van der Waals surface area contributed by atoms with Gasteiger partial charge in [0.05, 0.1) is 13.2 Å². The number of hydrogen-bond donors (Lipinski definition) is 8. The van der Waals surface area contributed by atoms with E-state index in [-0.39, 0.29) is 0 Å². The number of ether oxygens (including phenoxy) is 2. The molecule has 0 spiro atoms. The van der Waals surface area contributed by atoms with Crippen molar-refractivity contribution >= 4 is 5.91 Å². The highest BCUT2D eigenvalue weighted by molar-refractivity contribution is 5.81. The van der Waals surface area contributed by atoms with E-state index >= 15 is 0 Å². The Balaban J connectivity index is 2.22. The molecule has 0 saturated carbocycles. The molecule has 8 atom stereocenters. The first-order valence-electron chi connectivity index (χ1n) is 12.5. The van der Waals surface area contributed by atoms with Crippen molar-refractivity contribution in [2.75, 3.05) is 19.8 Å². The van der Waals surface area contributed by atoms with Crippen molar-refractivity contribution in [2.45, 2.75) is 120 Å². The van der Waals surface area contributed by atoms with Crippen molar-refractivity contribution in [1.29, 1.82) is 0 Å². The van der Waals surface area contributed by atoms with Crippen molar-refractivity contribution in [3.63, 3.8) is 0 Å². The van der Waals surface area contributed by atoms with Gasteiger partial charge in [0.25, 0.3) is 5.91 Å². The Hall–Kier alpha value is -0.890. The lowest BCUT2D eigenvalue weighted by Crippen LogP contribution is -2.59. The SMILES string of the molecule is CCCCCCCCCCCCNC(=O)[C@@H](O)[C@H](O)[C@@H](O)CO[C@H]1O[C@H](CO)[C@@H](O)[C@H](O)[C@H]1O. The van der Waals surface area contributed by atoms with Gasteiger partial charge in [-0.15, -0.1) is 0 Å². The monoisotopic (exact) mass is 495 g/mol. The van der Waals surface area contributed by atoms with Crippen molar-refractivity contribution in [2.24, 2.45) is 0 Å². The van der Waals surface area contributed by atoms with Gasteiger partial charge in [0, 0.05) is 6.54 Å². The van der Waals surface area contributed by atoms with E-state index in [4.69, 9.17) is 14.6 Å². The van der Waals surface area contributed by atoms with E-state index in [1.165, 1.54) is 38.5 Å². The van der Waals surface area contributed by atoms with Gasteiger partial charge < -0.3 is 50.5 Å². The maximum atomic E-state index is 12.0. The summed E-state index contributed by atoms with van der Waals surface area (Å²) < 4.78 is 10.2. The number of nitrogens with one attached hydrogen (secondary N) is 1. The summed E-state index contributed by atoms with van der Waals surface area (Å²) in [4.78, 5) is 12.0. The summed E-state index contributed by atoms with van der Waals surface area (Å²) in [7, 11) is 0. The number of aliphatic hydroxyl groups excluding tert-OH is 7. The minimum atomic E-state index is -1.89. The highest BCUT2D eigenvalue weighted by atomic mass is 16.7. The Bertz CT molecular complexity index is 538. The van der Waals surface area contributed by atoms with Gasteiger partial charge in [-0.25, -0.2) is 0 Å². The third-order valence-electron chi connectivity index (χ3n) is 6.10. The summed E-state index contributed by atoms with van der Waals surface area (Å²) in [6.45, 7) is 1.25. The number of aliphatic hydroxyl groups is 7. The van der Waals surface area contributed by atoms with Gasteiger partial charge >= 0.3 is 0 Å². The maximum absolute atomic E-state index is 12.0. The molecule has 11 heteroatoms. The van der Waals surface area contributed by atoms with Gasteiger partial charge in [-0.05, 0) is 6.42 Å². The van der Waals surface area contributed by atoms with Crippen LogP contribution in [0.5, 0.6) is 0 Å². The molecule has 1 saturated heterocycles. The molecule has 11 nitrogen and oxygen atoms in total. The second-order valence-electron chi connectivity index (χ2n) is 9.01. The van der Waals surface area contributed by atoms with Gasteiger partial charge in [-0.1, -0.05) is 64.7 Å². The van der Waals surface area contributed by atoms with Crippen LogP contribution in [0.1, 0.15) is 71.1 Å². The minimum Gasteiger partial charge on any atom is -0.394 e. The molecule has 1 amide bonds. The quantitative estimate of drug-likeness (QED) is 0.109. The van der Waals surface area contributed by atoms with Crippen LogP contribution in [0.25, 0.3) is 0 Å². The van der Waals surface area contributed by atoms with Crippen LogP contribution in [0.3, 0.4) is 0 Å². The fourth-order valence-electron chi connectivity index (χ4n) is 3.79. The number of amides is 1. The van der Waals surface area contributed by atoms with E-state index in [1.807, 2.05) is 0 Å². The van der Waals surface area contributed by atoms with Gasteiger partial charge in [-0.2, -0.15) is 0 Å². The third kappa shape index (κ3) is 10.8. The Morgan fingerprint density at radius 1 is 0.882 bits per heavy atom. The van der Waals surface area contributed by atoms with Crippen LogP contribution in [-0.2, 0) is 14.3 Å². The van der Waals surface area contributed by atoms with Crippen LogP contribution in [0.4, 0.5) is 0 Å². The second-order valence-corrected chi connectivity index (χ2v) is 9.01. The smallest absolute Gasteiger partial charge is 0.251 e. The molecular formula is C23H45NO10. The molecule has 0 bridgehead atoms. The molecule has 1 aliphatic heterocycles. The first-order chi connectivity index (χ1) is 16.2. The molecule has 0 aromatic rings. The van der Waals surface area contributed by atoms with Gasteiger partial charge in [0.2, 0.25) is 0 Å². The number of carbonyl (C=O) groups is 1. The zero-order valence-electron chi connectivity index (χ0n) is 20.2. The summed E-state index contributed by atoms with van der Waals surface area (Å²) in [5.41, 5.74) is 0. The zero-order chi connectivity index (χ0) is 25.5. The molecule has 0 aromatic carbocycles. The van der Waals surface area contributed by atoms with E-state index in [1.54, 1.807) is 0 Å². The molecule has 1 rings (SSSR count). The average molecular weight is 496 g/mol. The van der Waals surface area contributed by atoms with Crippen molar-refractivity contribution in [3.05, 3.63) is 0 Å². The lowest BCUT2D eigenvalue weighted by atomic mass is 9.99. The molecule has 1 heterocycles. The zero-order valence-corrected chi connectivity index (χ0v) is 20.2.